The van der Waals surface area contributed by atoms with E-state index in [1.807, 2.05) is 12.1 Å². The molecule has 16 heavy (non-hydrogen) atoms. The van der Waals surface area contributed by atoms with Crippen LogP contribution in [0.1, 0.15) is 24.4 Å². The molecule has 0 bridgehead atoms. The third-order valence-electron chi connectivity index (χ3n) is 2.93. The highest BCUT2D eigenvalue weighted by atomic mass is 35.5. The van der Waals surface area contributed by atoms with Crippen LogP contribution in [-0.2, 0) is 0 Å². The Bertz CT molecular complexity index is 392. The maximum Gasteiger partial charge on any atom is 0.231 e. The molecule has 0 spiro atoms. The van der Waals surface area contributed by atoms with Gasteiger partial charge in [0.05, 0.1) is 0 Å². The summed E-state index contributed by atoms with van der Waals surface area (Å²) in [5.41, 5.74) is 1.12. The average Bonchev–Trinajstić information content (AvgIpc) is 2.85. The second kappa shape index (κ2) is 4.70. The predicted octanol–water partition coefficient (Wildman–Crippen LogP) is 2.92. The van der Waals surface area contributed by atoms with Gasteiger partial charge in [0, 0.05) is 17.1 Å². The molecule has 1 fully saturated rings. The Morgan fingerprint density at radius 1 is 1.25 bits per heavy atom. The van der Waals surface area contributed by atoms with Crippen LogP contribution >= 0.6 is 24.0 Å². The van der Waals surface area contributed by atoms with Crippen LogP contribution in [0.15, 0.2) is 12.1 Å². The van der Waals surface area contributed by atoms with Crippen molar-refractivity contribution in [2.24, 2.45) is 0 Å². The highest BCUT2D eigenvalue weighted by Crippen LogP contribution is 2.40. The first-order valence-electron chi connectivity index (χ1n) is 5.17. The molecule has 3 rings (SSSR count). The number of hydrogen-bond donors (Lipinski definition) is 1. The third kappa shape index (κ3) is 1.95. The summed E-state index contributed by atoms with van der Waals surface area (Å²) >= 11 is 6.21. The minimum Gasteiger partial charge on any atom is -0.454 e. The van der Waals surface area contributed by atoms with Gasteiger partial charge in [0.1, 0.15) is 0 Å². The largest absolute Gasteiger partial charge is 0.454 e. The van der Waals surface area contributed by atoms with Crippen molar-refractivity contribution in [1.82, 2.24) is 5.32 Å². The van der Waals surface area contributed by atoms with Gasteiger partial charge in [-0.25, -0.2) is 0 Å². The Kier molecular flexibility index (Phi) is 3.47. The van der Waals surface area contributed by atoms with E-state index in [2.05, 4.69) is 5.32 Å². The summed E-state index contributed by atoms with van der Waals surface area (Å²) in [6.07, 6.45) is 2.34. The molecule has 0 saturated carbocycles. The van der Waals surface area contributed by atoms with Crippen LogP contribution in [-0.4, -0.2) is 13.3 Å². The lowest BCUT2D eigenvalue weighted by Gasteiger charge is -2.13. The van der Waals surface area contributed by atoms with Gasteiger partial charge < -0.3 is 14.8 Å². The van der Waals surface area contributed by atoms with Crippen LogP contribution in [0.2, 0.25) is 5.02 Å². The second-order valence-corrected chi connectivity index (χ2v) is 4.28. The Labute approximate surface area is 105 Å². The van der Waals surface area contributed by atoms with Gasteiger partial charge in [-0.1, -0.05) is 11.6 Å². The van der Waals surface area contributed by atoms with Crippen molar-refractivity contribution < 1.29 is 9.47 Å². The first kappa shape index (κ1) is 11.8. The van der Waals surface area contributed by atoms with Gasteiger partial charge in [0.2, 0.25) is 6.79 Å². The van der Waals surface area contributed by atoms with Crippen molar-refractivity contribution in [3.63, 3.8) is 0 Å². The summed E-state index contributed by atoms with van der Waals surface area (Å²) < 4.78 is 10.6. The molecule has 1 aromatic carbocycles. The fourth-order valence-corrected chi connectivity index (χ4v) is 2.44. The monoisotopic (exact) mass is 261 g/mol. The topological polar surface area (TPSA) is 30.5 Å². The first-order valence-corrected chi connectivity index (χ1v) is 5.55. The molecule has 2 aliphatic rings. The van der Waals surface area contributed by atoms with E-state index in [0.717, 1.165) is 35.1 Å². The number of halogens is 2. The van der Waals surface area contributed by atoms with Crippen molar-refractivity contribution in [3.05, 3.63) is 22.7 Å². The van der Waals surface area contributed by atoms with E-state index in [1.165, 1.54) is 6.42 Å². The molecule has 5 heteroatoms. The van der Waals surface area contributed by atoms with E-state index >= 15 is 0 Å². The lowest BCUT2D eigenvalue weighted by Crippen LogP contribution is -2.13. The second-order valence-electron chi connectivity index (χ2n) is 3.88. The smallest absolute Gasteiger partial charge is 0.231 e. The van der Waals surface area contributed by atoms with E-state index in [1.54, 1.807) is 0 Å². The fourth-order valence-electron chi connectivity index (χ4n) is 2.15. The van der Waals surface area contributed by atoms with E-state index in [-0.39, 0.29) is 12.4 Å². The molecular formula is C11H13Cl2NO2. The van der Waals surface area contributed by atoms with Crippen LogP contribution in [0.4, 0.5) is 0 Å². The van der Waals surface area contributed by atoms with Gasteiger partial charge in [-0.15, -0.1) is 12.4 Å². The standard InChI is InChI=1S/C11H12ClNO2.ClH/c12-8-5-11-10(14-6-15-11)4-7(8)9-2-1-3-13-9;/h4-5,9,13H,1-3,6H2;1H/t9-;/m0./s1. The molecule has 2 heterocycles. The third-order valence-corrected chi connectivity index (χ3v) is 3.25. The van der Waals surface area contributed by atoms with E-state index < -0.39 is 0 Å². The first-order chi connectivity index (χ1) is 7.34. The lowest BCUT2D eigenvalue weighted by atomic mass is 10.0. The van der Waals surface area contributed by atoms with Gasteiger partial charge in [-0.05, 0) is 31.0 Å². The van der Waals surface area contributed by atoms with Crippen LogP contribution in [0.3, 0.4) is 0 Å². The molecule has 88 valence electrons. The Morgan fingerprint density at radius 3 is 2.69 bits per heavy atom. The van der Waals surface area contributed by atoms with Crippen molar-refractivity contribution in [3.8, 4) is 11.5 Å². The molecule has 1 N–H and O–H groups in total. The van der Waals surface area contributed by atoms with Gasteiger partial charge in [-0.3, -0.25) is 0 Å². The van der Waals surface area contributed by atoms with E-state index in [0.29, 0.717) is 12.8 Å². The molecule has 0 radical (unpaired) electrons. The van der Waals surface area contributed by atoms with Crippen molar-refractivity contribution >= 4 is 24.0 Å². The molecule has 0 aliphatic carbocycles. The molecule has 0 unspecified atom stereocenters. The summed E-state index contributed by atoms with van der Waals surface area (Å²) in [5, 5.41) is 4.19. The normalized spacial score (nSPS) is 21.9. The molecule has 1 saturated heterocycles. The van der Waals surface area contributed by atoms with Crippen molar-refractivity contribution in [2.45, 2.75) is 18.9 Å². The van der Waals surface area contributed by atoms with Gasteiger partial charge >= 0.3 is 0 Å². The Balaban J connectivity index is 0.000000963. The molecule has 1 atom stereocenters. The quantitative estimate of drug-likeness (QED) is 0.844. The van der Waals surface area contributed by atoms with E-state index in [9.17, 15) is 0 Å². The van der Waals surface area contributed by atoms with E-state index in [4.69, 9.17) is 21.1 Å². The minimum absolute atomic E-state index is 0. The zero-order valence-electron chi connectivity index (χ0n) is 8.66. The molecule has 3 nitrogen and oxygen atoms in total. The maximum atomic E-state index is 6.21. The number of hydrogen-bond acceptors (Lipinski definition) is 3. The number of fused-ring (bicyclic) bond motifs is 1. The Hall–Kier alpha value is -0.640. The van der Waals surface area contributed by atoms with Gasteiger partial charge in [0.15, 0.2) is 11.5 Å². The van der Waals surface area contributed by atoms with Gasteiger partial charge in [-0.2, -0.15) is 0 Å². The molecule has 2 aliphatic heterocycles. The molecule has 0 amide bonds. The number of benzene rings is 1. The van der Waals surface area contributed by atoms with Crippen LogP contribution in [0, 0.1) is 0 Å². The highest BCUT2D eigenvalue weighted by molar-refractivity contribution is 6.31. The SMILES string of the molecule is Cl.Clc1cc2c(cc1[C@@H]1CCCN1)OCO2. The lowest BCUT2D eigenvalue weighted by molar-refractivity contribution is 0.174. The maximum absolute atomic E-state index is 6.21. The summed E-state index contributed by atoms with van der Waals surface area (Å²) in [7, 11) is 0. The van der Waals surface area contributed by atoms with Crippen molar-refractivity contribution in [2.75, 3.05) is 13.3 Å². The molecule has 0 aromatic heterocycles. The fraction of sp³-hybridized carbons (Fsp3) is 0.455. The van der Waals surface area contributed by atoms with Gasteiger partial charge in [0.25, 0.3) is 0 Å². The van der Waals surface area contributed by atoms with Crippen LogP contribution in [0.5, 0.6) is 11.5 Å². The highest BCUT2D eigenvalue weighted by Gasteiger charge is 2.23. The summed E-state index contributed by atoms with van der Waals surface area (Å²) in [6, 6.07) is 4.21. The number of rotatable bonds is 1. The van der Waals surface area contributed by atoms with Crippen LogP contribution in [0.25, 0.3) is 0 Å². The summed E-state index contributed by atoms with van der Waals surface area (Å²) in [4.78, 5) is 0. The number of nitrogens with one attached hydrogen (secondary N) is 1. The molecular weight excluding hydrogens is 249 g/mol. The van der Waals surface area contributed by atoms with Crippen LogP contribution < -0.4 is 14.8 Å². The minimum atomic E-state index is 0. The number of ether oxygens (including phenoxy) is 2. The Morgan fingerprint density at radius 2 is 2.00 bits per heavy atom. The molecule has 1 aromatic rings. The summed E-state index contributed by atoms with van der Waals surface area (Å²) in [5.74, 6) is 1.56. The zero-order chi connectivity index (χ0) is 10.3. The van der Waals surface area contributed by atoms with Crippen molar-refractivity contribution in [1.29, 1.82) is 0 Å². The average molecular weight is 262 g/mol. The summed E-state index contributed by atoms with van der Waals surface area (Å²) in [6.45, 7) is 1.36. The predicted molar refractivity (Wildman–Crippen MR) is 64.8 cm³/mol. The zero-order valence-corrected chi connectivity index (χ0v) is 10.2.